The summed E-state index contributed by atoms with van der Waals surface area (Å²) in [6.07, 6.45) is 3.31. The van der Waals surface area contributed by atoms with Gasteiger partial charge in [0.05, 0.1) is 6.04 Å². The Balaban J connectivity index is 1.81. The number of thiophene rings is 1. The summed E-state index contributed by atoms with van der Waals surface area (Å²) in [6.45, 7) is 1.46. The van der Waals surface area contributed by atoms with Gasteiger partial charge in [-0.2, -0.15) is 4.72 Å². The van der Waals surface area contributed by atoms with Crippen LogP contribution in [0, 0.1) is 5.82 Å². The predicted molar refractivity (Wildman–Crippen MR) is 104 cm³/mol. The molecule has 2 unspecified atom stereocenters. The van der Waals surface area contributed by atoms with E-state index in [0.717, 1.165) is 11.3 Å². The van der Waals surface area contributed by atoms with Gasteiger partial charge in [-0.3, -0.25) is 4.79 Å². The van der Waals surface area contributed by atoms with Crippen LogP contribution < -0.4 is 10.0 Å². The highest BCUT2D eigenvalue weighted by atomic mass is 32.2. The normalized spacial score (nSPS) is 13.8. The average Bonchev–Trinajstić information content (AvgIpc) is 3.32. The fourth-order valence-electron chi connectivity index (χ4n) is 2.64. The van der Waals surface area contributed by atoms with Crippen molar-refractivity contribution >= 4 is 27.3 Å². The van der Waals surface area contributed by atoms with Crippen molar-refractivity contribution in [3.05, 3.63) is 71.4 Å². The lowest BCUT2D eigenvalue weighted by atomic mass is 10.1. The van der Waals surface area contributed by atoms with Crippen LogP contribution in [0.2, 0.25) is 0 Å². The molecule has 0 bridgehead atoms. The molecule has 1 amide bonds. The summed E-state index contributed by atoms with van der Waals surface area (Å²) >= 11 is 1.06. The summed E-state index contributed by atoms with van der Waals surface area (Å²) in [5, 5.41) is 4.44. The molecule has 148 valence electrons. The van der Waals surface area contributed by atoms with Crippen molar-refractivity contribution in [2.75, 3.05) is 0 Å². The van der Waals surface area contributed by atoms with Crippen LogP contribution >= 0.6 is 11.3 Å². The van der Waals surface area contributed by atoms with E-state index >= 15 is 0 Å². The molecule has 10 heteroatoms. The highest BCUT2D eigenvalue weighted by molar-refractivity contribution is 7.91. The minimum Gasteiger partial charge on any atom is -0.341 e. The Hall–Kier alpha value is -2.56. The van der Waals surface area contributed by atoms with Gasteiger partial charge in [-0.15, -0.1) is 11.3 Å². The molecule has 0 aliphatic heterocycles. The van der Waals surface area contributed by atoms with E-state index in [9.17, 15) is 17.6 Å². The fourth-order valence-corrected chi connectivity index (χ4v) is 4.85. The highest BCUT2D eigenvalue weighted by Crippen LogP contribution is 2.21. The zero-order chi connectivity index (χ0) is 20.3. The molecule has 0 fully saturated rings. The number of hydrogen-bond acceptors (Lipinski definition) is 5. The molecular weight excluding hydrogens is 403 g/mol. The van der Waals surface area contributed by atoms with Crippen LogP contribution in [0.3, 0.4) is 0 Å². The topological polar surface area (TPSA) is 93.1 Å². The first-order chi connectivity index (χ1) is 13.3. The number of rotatable bonds is 7. The van der Waals surface area contributed by atoms with Gasteiger partial charge >= 0.3 is 0 Å². The molecule has 7 nitrogen and oxygen atoms in total. The third kappa shape index (κ3) is 4.46. The van der Waals surface area contributed by atoms with Gasteiger partial charge in [0.25, 0.3) is 10.0 Å². The summed E-state index contributed by atoms with van der Waals surface area (Å²) in [7, 11) is -2.02. The maximum Gasteiger partial charge on any atom is 0.250 e. The number of nitrogens with zero attached hydrogens (tertiary/aromatic N) is 2. The van der Waals surface area contributed by atoms with E-state index in [4.69, 9.17) is 0 Å². The number of sulfonamides is 1. The summed E-state index contributed by atoms with van der Waals surface area (Å²) in [5.74, 6) is -0.392. The molecule has 2 atom stereocenters. The van der Waals surface area contributed by atoms with E-state index < -0.39 is 33.8 Å². The lowest BCUT2D eigenvalue weighted by Crippen LogP contribution is -2.46. The minimum atomic E-state index is -3.79. The minimum absolute atomic E-state index is 0.131. The lowest BCUT2D eigenvalue weighted by molar-refractivity contribution is -0.122. The first-order valence-electron chi connectivity index (χ1n) is 8.37. The monoisotopic (exact) mass is 422 g/mol. The zero-order valence-electron chi connectivity index (χ0n) is 15.2. The van der Waals surface area contributed by atoms with E-state index in [1.807, 2.05) is 0 Å². The Labute approximate surface area is 166 Å². The van der Waals surface area contributed by atoms with Crippen molar-refractivity contribution in [3.8, 4) is 0 Å². The maximum atomic E-state index is 13.3. The number of hydrogen-bond donors (Lipinski definition) is 2. The van der Waals surface area contributed by atoms with E-state index in [1.54, 1.807) is 47.6 Å². The molecule has 28 heavy (non-hydrogen) atoms. The van der Waals surface area contributed by atoms with Crippen LogP contribution in [0.5, 0.6) is 0 Å². The molecule has 2 N–H and O–H groups in total. The fraction of sp³-hybridized carbons (Fsp3) is 0.222. The van der Waals surface area contributed by atoms with Gasteiger partial charge in [0.1, 0.15) is 21.9 Å². The Morgan fingerprint density at radius 1 is 1.25 bits per heavy atom. The molecule has 0 radical (unpaired) electrons. The SMILES string of the molecule is CC(NS(=O)(=O)c1cccs1)C(=O)NC(c1ccc(F)cc1)c1nccn1C. The summed E-state index contributed by atoms with van der Waals surface area (Å²) in [4.78, 5) is 17.0. The molecule has 2 aromatic heterocycles. The van der Waals surface area contributed by atoms with Gasteiger partial charge in [0.15, 0.2) is 0 Å². The average molecular weight is 423 g/mol. The van der Waals surface area contributed by atoms with E-state index in [0.29, 0.717) is 11.4 Å². The van der Waals surface area contributed by atoms with Crippen molar-refractivity contribution in [1.82, 2.24) is 19.6 Å². The third-order valence-corrected chi connectivity index (χ3v) is 7.03. The number of halogens is 1. The maximum absolute atomic E-state index is 13.3. The van der Waals surface area contributed by atoms with E-state index in [-0.39, 0.29) is 4.21 Å². The molecular formula is C18H19FN4O3S2. The highest BCUT2D eigenvalue weighted by Gasteiger charge is 2.27. The smallest absolute Gasteiger partial charge is 0.250 e. The Kier molecular flexibility index (Phi) is 5.92. The van der Waals surface area contributed by atoms with Gasteiger partial charge in [0, 0.05) is 19.4 Å². The number of amides is 1. The molecule has 0 aliphatic rings. The van der Waals surface area contributed by atoms with E-state index in [1.165, 1.54) is 25.1 Å². The molecule has 0 saturated heterocycles. The largest absolute Gasteiger partial charge is 0.341 e. The predicted octanol–water partition coefficient (Wildman–Crippen LogP) is 2.19. The van der Waals surface area contributed by atoms with E-state index in [2.05, 4.69) is 15.0 Å². The molecule has 0 saturated carbocycles. The summed E-state index contributed by atoms with van der Waals surface area (Å²) < 4.78 is 42.2. The molecule has 3 aromatic rings. The quantitative estimate of drug-likeness (QED) is 0.610. The second-order valence-corrected chi connectivity index (χ2v) is 9.05. The van der Waals surface area contributed by atoms with Crippen LogP contribution in [0.25, 0.3) is 0 Å². The number of carbonyl (C=O) groups is 1. The van der Waals surface area contributed by atoms with Crippen molar-refractivity contribution in [2.24, 2.45) is 7.05 Å². The molecule has 1 aromatic carbocycles. The van der Waals surface area contributed by atoms with Gasteiger partial charge in [-0.25, -0.2) is 17.8 Å². The lowest BCUT2D eigenvalue weighted by Gasteiger charge is -2.22. The van der Waals surface area contributed by atoms with Crippen LogP contribution in [0.1, 0.15) is 24.4 Å². The molecule has 2 heterocycles. The number of benzene rings is 1. The number of nitrogens with one attached hydrogen (secondary N) is 2. The Bertz CT molecular complexity index is 1050. The van der Waals surface area contributed by atoms with Gasteiger partial charge in [-0.1, -0.05) is 18.2 Å². The van der Waals surface area contributed by atoms with Crippen molar-refractivity contribution < 1.29 is 17.6 Å². The Morgan fingerprint density at radius 3 is 2.54 bits per heavy atom. The van der Waals surface area contributed by atoms with Crippen LogP contribution in [0.15, 0.2) is 58.4 Å². The van der Waals surface area contributed by atoms with Crippen molar-refractivity contribution in [2.45, 2.75) is 23.2 Å². The second kappa shape index (κ2) is 8.21. The van der Waals surface area contributed by atoms with Gasteiger partial charge < -0.3 is 9.88 Å². The first kappa shape index (κ1) is 20.2. The van der Waals surface area contributed by atoms with Crippen LogP contribution in [-0.2, 0) is 21.9 Å². The van der Waals surface area contributed by atoms with Crippen molar-refractivity contribution in [3.63, 3.8) is 0 Å². The third-order valence-electron chi connectivity index (χ3n) is 4.09. The molecule has 3 rings (SSSR count). The Morgan fingerprint density at radius 2 is 1.96 bits per heavy atom. The second-order valence-electron chi connectivity index (χ2n) is 6.16. The van der Waals surface area contributed by atoms with Crippen LogP contribution in [0.4, 0.5) is 4.39 Å². The zero-order valence-corrected chi connectivity index (χ0v) is 16.8. The van der Waals surface area contributed by atoms with Gasteiger partial charge in [-0.05, 0) is 36.1 Å². The summed E-state index contributed by atoms with van der Waals surface area (Å²) in [6, 6.07) is 7.09. The van der Waals surface area contributed by atoms with Gasteiger partial charge in [0.2, 0.25) is 5.91 Å². The molecule has 0 aliphatic carbocycles. The number of imidazole rings is 1. The number of aryl methyl sites for hydroxylation is 1. The van der Waals surface area contributed by atoms with Crippen molar-refractivity contribution in [1.29, 1.82) is 0 Å². The summed E-state index contributed by atoms with van der Waals surface area (Å²) in [5.41, 5.74) is 0.623. The molecule has 0 spiro atoms. The number of carbonyl (C=O) groups excluding carboxylic acids is 1. The number of aromatic nitrogens is 2. The standard InChI is InChI=1S/C18H19FN4O3S2/c1-12(22-28(25,26)15-4-3-11-27-15)18(24)21-16(17-20-9-10-23(17)2)13-5-7-14(19)8-6-13/h3-12,16,22H,1-2H3,(H,21,24). The first-order valence-corrected chi connectivity index (χ1v) is 10.7. The van der Waals surface area contributed by atoms with Crippen LogP contribution in [-0.4, -0.2) is 29.9 Å².